The van der Waals surface area contributed by atoms with Crippen LogP contribution >= 0.6 is 11.5 Å². The van der Waals surface area contributed by atoms with Crippen LogP contribution in [0.3, 0.4) is 0 Å². The van der Waals surface area contributed by atoms with Gasteiger partial charge in [0.15, 0.2) is 16.6 Å². The first-order valence-corrected chi connectivity index (χ1v) is 7.55. The summed E-state index contributed by atoms with van der Waals surface area (Å²) < 4.78 is 15.3. The second-order valence-electron chi connectivity index (χ2n) is 4.95. The highest BCUT2D eigenvalue weighted by Gasteiger charge is 2.13. The Kier molecular flexibility index (Phi) is 6.94. The van der Waals surface area contributed by atoms with E-state index in [4.69, 9.17) is 15.2 Å². The van der Waals surface area contributed by atoms with Gasteiger partial charge in [0.1, 0.15) is 0 Å². The Morgan fingerprint density at radius 1 is 1.21 bits per heavy atom. The summed E-state index contributed by atoms with van der Waals surface area (Å²) in [5.74, 6) is 1.14. The molecule has 0 fully saturated rings. The lowest BCUT2D eigenvalue weighted by atomic mass is 10.3. The molecule has 1 aromatic heterocycles. The van der Waals surface area contributed by atoms with Gasteiger partial charge in [-0.1, -0.05) is 0 Å². The summed E-state index contributed by atoms with van der Waals surface area (Å²) >= 11 is 1.34. The average Bonchev–Trinajstić information content (AvgIpc) is 2.65. The van der Waals surface area contributed by atoms with Gasteiger partial charge in [-0.15, -0.1) is 0 Å². The van der Waals surface area contributed by atoms with Crippen molar-refractivity contribution in [2.75, 3.05) is 24.2 Å². The van der Waals surface area contributed by atoms with Crippen LogP contribution in [0.2, 0.25) is 0 Å². The number of nitrogens with one attached hydrogen (secondary N) is 1. The van der Waals surface area contributed by atoms with E-state index < -0.39 is 0 Å². The summed E-state index contributed by atoms with van der Waals surface area (Å²) in [6, 6.07) is 0. The molecule has 3 N–H and O–H groups in total. The molecule has 0 saturated carbocycles. The van der Waals surface area contributed by atoms with Crippen molar-refractivity contribution in [1.29, 1.82) is 0 Å². The van der Waals surface area contributed by atoms with Crippen molar-refractivity contribution in [3.63, 3.8) is 0 Å². The zero-order valence-electron chi connectivity index (χ0n) is 12.2. The summed E-state index contributed by atoms with van der Waals surface area (Å²) in [5.41, 5.74) is 5.79. The van der Waals surface area contributed by atoms with E-state index in [-0.39, 0.29) is 6.10 Å². The van der Waals surface area contributed by atoms with E-state index >= 15 is 0 Å². The molecule has 0 spiro atoms. The Hall–Kier alpha value is -1.01. The van der Waals surface area contributed by atoms with Gasteiger partial charge in [0.2, 0.25) is 0 Å². The number of ether oxygens (including phenoxy) is 2. The number of hydrogen-bond donors (Lipinski definition) is 2. The van der Waals surface area contributed by atoms with Crippen molar-refractivity contribution >= 4 is 22.4 Å². The topological polar surface area (TPSA) is 69.4 Å². The molecule has 0 amide bonds. The van der Waals surface area contributed by atoms with Crippen LogP contribution in [0.1, 0.15) is 40.5 Å². The first-order valence-electron chi connectivity index (χ1n) is 6.78. The molecular formula is C13H25N3O2S. The Bertz CT molecular complexity index is 367. The normalized spacial score (nSPS) is 11.3. The highest BCUT2D eigenvalue weighted by atomic mass is 32.1. The minimum atomic E-state index is 0.0960. The minimum Gasteiger partial charge on any atom is -0.484 e. The van der Waals surface area contributed by atoms with Crippen molar-refractivity contribution in [3.05, 3.63) is 0 Å². The van der Waals surface area contributed by atoms with Gasteiger partial charge in [0.25, 0.3) is 0 Å². The van der Waals surface area contributed by atoms with Gasteiger partial charge in [-0.3, -0.25) is 0 Å². The van der Waals surface area contributed by atoms with E-state index in [1.807, 2.05) is 27.7 Å². The van der Waals surface area contributed by atoms with Crippen LogP contribution in [0.5, 0.6) is 5.75 Å². The predicted molar refractivity (Wildman–Crippen MR) is 81.1 cm³/mol. The van der Waals surface area contributed by atoms with Crippen molar-refractivity contribution < 1.29 is 9.47 Å². The largest absolute Gasteiger partial charge is 0.484 e. The SMILES string of the molecule is CC(C)OCCCCNc1snc(N)c1OC(C)C. The standard InChI is InChI=1S/C13H25N3O2S/c1-9(2)17-8-6-5-7-15-13-11(18-10(3)4)12(14)16-19-13/h9-10,15H,5-8H2,1-4H3,(H2,14,16). The number of hydrogen-bond acceptors (Lipinski definition) is 6. The van der Waals surface area contributed by atoms with Gasteiger partial charge in [0, 0.05) is 13.2 Å². The fourth-order valence-corrected chi connectivity index (χ4v) is 2.18. The molecule has 1 heterocycles. The molecule has 0 aliphatic heterocycles. The van der Waals surface area contributed by atoms with E-state index in [2.05, 4.69) is 9.69 Å². The third-order valence-corrected chi connectivity index (χ3v) is 3.14. The molecule has 5 nitrogen and oxygen atoms in total. The second-order valence-corrected chi connectivity index (χ2v) is 5.72. The van der Waals surface area contributed by atoms with Crippen LogP contribution in [0.25, 0.3) is 0 Å². The smallest absolute Gasteiger partial charge is 0.197 e. The lowest BCUT2D eigenvalue weighted by Gasteiger charge is -2.12. The van der Waals surface area contributed by atoms with E-state index in [1.165, 1.54) is 11.5 Å². The Morgan fingerprint density at radius 3 is 2.58 bits per heavy atom. The number of nitrogen functional groups attached to an aromatic ring is 1. The molecule has 1 rings (SSSR count). The van der Waals surface area contributed by atoms with Crippen LogP contribution in [-0.4, -0.2) is 29.7 Å². The molecule has 0 radical (unpaired) electrons. The fraction of sp³-hybridized carbons (Fsp3) is 0.769. The van der Waals surface area contributed by atoms with E-state index in [1.54, 1.807) is 0 Å². The van der Waals surface area contributed by atoms with Gasteiger partial charge in [-0.25, -0.2) is 0 Å². The Morgan fingerprint density at radius 2 is 1.95 bits per heavy atom. The Labute approximate surface area is 119 Å². The summed E-state index contributed by atoms with van der Waals surface area (Å²) in [7, 11) is 0. The molecule has 19 heavy (non-hydrogen) atoms. The van der Waals surface area contributed by atoms with Crippen LogP contribution < -0.4 is 15.8 Å². The third kappa shape index (κ3) is 6.11. The summed E-state index contributed by atoms with van der Waals surface area (Å²) in [4.78, 5) is 0. The van der Waals surface area contributed by atoms with Gasteiger partial charge in [-0.05, 0) is 52.1 Å². The van der Waals surface area contributed by atoms with Gasteiger partial charge in [0.05, 0.1) is 12.2 Å². The first kappa shape index (κ1) is 16.0. The van der Waals surface area contributed by atoms with Crippen LogP contribution in [0.15, 0.2) is 0 Å². The molecule has 6 heteroatoms. The molecule has 0 unspecified atom stereocenters. The minimum absolute atomic E-state index is 0.0960. The highest BCUT2D eigenvalue weighted by Crippen LogP contribution is 2.35. The Balaban J connectivity index is 2.29. The number of anilines is 2. The number of rotatable bonds is 9. The fourth-order valence-electron chi connectivity index (χ4n) is 1.50. The van der Waals surface area contributed by atoms with Crippen LogP contribution in [0.4, 0.5) is 10.8 Å². The quantitative estimate of drug-likeness (QED) is 0.683. The second kappa shape index (κ2) is 8.22. The average molecular weight is 287 g/mol. The molecular weight excluding hydrogens is 262 g/mol. The number of nitrogens with two attached hydrogens (primary N) is 1. The third-order valence-electron chi connectivity index (χ3n) is 2.34. The zero-order chi connectivity index (χ0) is 14.3. The van der Waals surface area contributed by atoms with E-state index in [0.717, 1.165) is 31.0 Å². The monoisotopic (exact) mass is 287 g/mol. The maximum absolute atomic E-state index is 5.79. The number of unbranched alkanes of at least 4 members (excludes halogenated alkanes) is 1. The zero-order valence-corrected chi connectivity index (χ0v) is 13.0. The van der Waals surface area contributed by atoms with E-state index in [9.17, 15) is 0 Å². The van der Waals surface area contributed by atoms with Crippen molar-refractivity contribution in [3.8, 4) is 5.75 Å². The molecule has 0 aromatic carbocycles. The summed E-state index contributed by atoms with van der Waals surface area (Å²) in [6.45, 7) is 9.73. The molecule has 0 aliphatic carbocycles. The number of aromatic nitrogens is 1. The molecule has 0 aliphatic rings. The molecule has 1 aromatic rings. The predicted octanol–water partition coefficient (Wildman–Crippen LogP) is 3.13. The molecule has 0 saturated heterocycles. The van der Waals surface area contributed by atoms with Crippen LogP contribution in [-0.2, 0) is 4.74 Å². The van der Waals surface area contributed by atoms with Crippen molar-refractivity contribution in [2.45, 2.75) is 52.7 Å². The summed E-state index contributed by atoms with van der Waals surface area (Å²) in [6.07, 6.45) is 2.49. The van der Waals surface area contributed by atoms with Crippen molar-refractivity contribution in [2.24, 2.45) is 0 Å². The number of nitrogens with zero attached hydrogens (tertiary/aromatic N) is 1. The molecule has 0 bridgehead atoms. The molecule has 110 valence electrons. The van der Waals surface area contributed by atoms with E-state index in [0.29, 0.717) is 17.7 Å². The van der Waals surface area contributed by atoms with Crippen LogP contribution in [0, 0.1) is 0 Å². The first-order chi connectivity index (χ1) is 9.00. The lowest BCUT2D eigenvalue weighted by Crippen LogP contribution is -2.10. The van der Waals surface area contributed by atoms with Crippen molar-refractivity contribution in [1.82, 2.24) is 4.37 Å². The maximum atomic E-state index is 5.79. The van der Waals surface area contributed by atoms with Gasteiger partial charge >= 0.3 is 0 Å². The summed E-state index contributed by atoms with van der Waals surface area (Å²) in [5, 5.41) is 4.24. The highest BCUT2D eigenvalue weighted by molar-refractivity contribution is 7.11. The maximum Gasteiger partial charge on any atom is 0.197 e. The molecule has 0 atom stereocenters. The lowest BCUT2D eigenvalue weighted by molar-refractivity contribution is 0.0765. The van der Waals surface area contributed by atoms with Gasteiger partial charge < -0.3 is 20.5 Å². The van der Waals surface area contributed by atoms with Gasteiger partial charge in [-0.2, -0.15) is 4.37 Å².